The molecule has 7 nitrogen and oxygen atoms in total. The molecule has 0 amide bonds. The van der Waals surface area contributed by atoms with Crippen molar-refractivity contribution in [1.82, 2.24) is 19.7 Å². The van der Waals surface area contributed by atoms with Crippen LogP contribution in [0.5, 0.6) is 0 Å². The molecule has 0 aliphatic heterocycles. The van der Waals surface area contributed by atoms with Crippen LogP contribution in [0.15, 0.2) is 18.5 Å². The van der Waals surface area contributed by atoms with Crippen molar-refractivity contribution >= 4 is 11.6 Å². The zero-order chi connectivity index (χ0) is 14.7. The van der Waals surface area contributed by atoms with Crippen LogP contribution in [0.4, 0.5) is 11.6 Å². The van der Waals surface area contributed by atoms with Crippen molar-refractivity contribution in [3.8, 4) is 0 Å². The van der Waals surface area contributed by atoms with Gasteiger partial charge in [-0.2, -0.15) is 5.10 Å². The second-order valence-corrected chi connectivity index (χ2v) is 5.37. The summed E-state index contributed by atoms with van der Waals surface area (Å²) in [5, 5.41) is 7.57. The molecule has 1 fully saturated rings. The average molecular weight is 287 g/mol. The van der Waals surface area contributed by atoms with Gasteiger partial charge in [0.1, 0.15) is 17.5 Å². The summed E-state index contributed by atoms with van der Waals surface area (Å²) in [5.74, 6) is 8.53. The van der Waals surface area contributed by atoms with Gasteiger partial charge in [-0.05, 0) is 32.3 Å². The molecule has 2 aromatic rings. The molecule has 1 aliphatic carbocycles. The molecule has 2 heterocycles. The number of aryl methyl sites for hydroxylation is 1. The van der Waals surface area contributed by atoms with Crippen LogP contribution in [-0.2, 0) is 6.54 Å². The van der Waals surface area contributed by atoms with E-state index in [2.05, 4.69) is 25.8 Å². The Morgan fingerprint density at radius 1 is 1.33 bits per heavy atom. The first-order valence-corrected chi connectivity index (χ1v) is 7.34. The van der Waals surface area contributed by atoms with Gasteiger partial charge in [0.2, 0.25) is 0 Å². The number of nitrogens with two attached hydrogens (primary N) is 1. The number of hydrazine groups is 1. The average Bonchev–Trinajstić information content (AvgIpc) is 3.22. The summed E-state index contributed by atoms with van der Waals surface area (Å²) in [6, 6.07) is 1.93. The van der Waals surface area contributed by atoms with Crippen LogP contribution in [-0.4, -0.2) is 26.3 Å². The molecule has 3 rings (SSSR count). The normalized spacial score (nSPS) is 14.2. The molecule has 2 aromatic heterocycles. The van der Waals surface area contributed by atoms with Gasteiger partial charge in [-0.25, -0.2) is 15.8 Å². The second-order valence-electron chi connectivity index (χ2n) is 5.37. The summed E-state index contributed by atoms with van der Waals surface area (Å²) in [7, 11) is 0. The van der Waals surface area contributed by atoms with Crippen LogP contribution in [0, 0.1) is 6.92 Å². The van der Waals surface area contributed by atoms with Crippen molar-refractivity contribution in [2.45, 2.75) is 38.6 Å². The minimum absolute atomic E-state index is 0.502. The largest absolute Gasteiger partial charge is 0.370 e. The van der Waals surface area contributed by atoms with Gasteiger partial charge in [-0.1, -0.05) is 0 Å². The van der Waals surface area contributed by atoms with Gasteiger partial charge in [-0.15, -0.1) is 0 Å². The van der Waals surface area contributed by atoms with Crippen LogP contribution in [0.2, 0.25) is 0 Å². The number of anilines is 2. The Hall–Kier alpha value is -2.15. The predicted molar refractivity (Wildman–Crippen MR) is 81.9 cm³/mol. The first-order valence-electron chi connectivity index (χ1n) is 7.34. The maximum Gasteiger partial charge on any atom is 0.148 e. The molecule has 0 unspecified atom stereocenters. The number of nitrogen functional groups attached to an aromatic ring is 1. The van der Waals surface area contributed by atoms with Crippen molar-refractivity contribution in [1.29, 1.82) is 0 Å². The SMILES string of the molecule is Cc1c(NN)nc(C2CC2)nc1NCCCn1cccn1. The molecule has 0 aromatic carbocycles. The third-order valence-corrected chi connectivity index (χ3v) is 3.66. The summed E-state index contributed by atoms with van der Waals surface area (Å²) in [5.41, 5.74) is 3.63. The number of nitrogens with one attached hydrogen (secondary N) is 2. The van der Waals surface area contributed by atoms with Gasteiger partial charge in [0.25, 0.3) is 0 Å². The summed E-state index contributed by atoms with van der Waals surface area (Å²) in [4.78, 5) is 9.12. The van der Waals surface area contributed by atoms with Crippen molar-refractivity contribution in [3.05, 3.63) is 29.8 Å². The van der Waals surface area contributed by atoms with Gasteiger partial charge in [0, 0.05) is 37.0 Å². The third-order valence-electron chi connectivity index (χ3n) is 3.66. The summed E-state index contributed by atoms with van der Waals surface area (Å²) in [6.45, 7) is 3.70. The molecule has 21 heavy (non-hydrogen) atoms. The highest BCUT2D eigenvalue weighted by molar-refractivity contribution is 5.57. The Bertz CT molecular complexity index is 590. The number of aromatic nitrogens is 4. The minimum Gasteiger partial charge on any atom is -0.370 e. The van der Waals surface area contributed by atoms with Crippen LogP contribution in [0.3, 0.4) is 0 Å². The monoisotopic (exact) mass is 287 g/mol. The maximum atomic E-state index is 5.55. The Kier molecular flexibility index (Phi) is 4.01. The van der Waals surface area contributed by atoms with E-state index in [0.717, 1.165) is 36.7 Å². The highest BCUT2D eigenvalue weighted by Crippen LogP contribution is 2.39. The molecular formula is C14H21N7. The van der Waals surface area contributed by atoms with E-state index in [0.29, 0.717) is 11.7 Å². The van der Waals surface area contributed by atoms with Crippen LogP contribution < -0.4 is 16.6 Å². The van der Waals surface area contributed by atoms with E-state index < -0.39 is 0 Å². The molecule has 7 heteroatoms. The van der Waals surface area contributed by atoms with E-state index in [1.807, 2.05) is 23.9 Å². The minimum atomic E-state index is 0.502. The van der Waals surface area contributed by atoms with E-state index in [-0.39, 0.29) is 0 Å². The smallest absolute Gasteiger partial charge is 0.148 e. The molecule has 0 atom stereocenters. The zero-order valence-corrected chi connectivity index (χ0v) is 12.2. The second kappa shape index (κ2) is 6.09. The molecule has 0 bridgehead atoms. The van der Waals surface area contributed by atoms with E-state index in [1.54, 1.807) is 6.20 Å². The Morgan fingerprint density at radius 3 is 2.81 bits per heavy atom. The zero-order valence-electron chi connectivity index (χ0n) is 12.2. The van der Waals surface area contributed by atoms with E-state index in [1.165, 1.54) is 12.8 Å². The number of hydrogen-bond donors (Lipinski definition) is 3. The summed E-state index contributed by atoms with van der Waals surface area (Å²) in [6.07, 6.45) is 7.09. The lowest BCUT2D eigenvalue weighted by Gasteiger charge is -2.13. The van der Waals surface area contributed by atoms with Crippen LogP contribution >= 0.6 is 0 Å². The predicted octanol–water partition coefficient (Wildman–Crippen LogP) is 1.65. The highest BCUT2D eigenvalue weighted by Gasteiger charge is 2.28. The topological polar surface area (TPSA) is 93.7 Å². The standard InChI is InChI=1S/C14H21N7/c1-10-12(16-6-2-8-21-9-3-7-17-21)18-14(11-4-5-11)19-13(10)20-15/h3,7,9,11H,2,4-6,8,15H2,1H3,(H2,16,18,19,20). The number of nitrogens with zero attached hydrogens (tertiary/aromatic N) is 4. The summed E-state index contributed by atoms with van der Waals surface area (Å²) >= 11 is 0. The molecule has 112 valence electrons. The van der Waals surface area contributed by atoms with E-state index in [9.17, 15) is 0 Å². The van der Waals surface area contributed by atoms with Gasteiger partial charge >= 0.3 is 0 Å². The van der Waals surface area contributed by atoms with Gasteiger partial charge in [0.05, 0.1) is 0 Å². The van der Waals surface area contributed by atoms with Crippen LogP contribution in [0.1, 0.15) is 36.6 Å². The highest BCUT2D eigenvalue weighted by atomic mass is 15.3. The third kappa shape index (κ3) is 3.30. The fourth-order valence-electron chi connectivity index (χ4n) is 2.25. The Balaban J connectivity index is 1.62. The molecule has 1 saturated carbocycles. The van der Waals surface area contributed by atoms with Gasteiger partial charge in [-0.3, -0.25) is 4.68 Å². The van der Waals surface area contributed by atoms with E-state index >= 15 is 0 Å². The fourth-order valence-corrected chi connectivity index (χ4v) is 2.25. The van der Waals surface area contributed by atoms with E-state index in [4.69, 9.17) is 5.84 Å². The molecule has 0 saturated heterocycles. The number of rotatable bonds is 7. The maximum absolute atomic E-state index is 5.55. The lowest BCUT2D eigenvalue weighted by molar-refractivity contribution is 0.591. The number of hydrogen-bond acceptors (Lipinski definition) is 6. The first kappa shape index (κ1) is 13.8. The quantitative estimate of drug-likeness (QED) is 0.407. The lowest BCUT2D eigenvalue weighted by atomic mass is 10.2. The Morgan fingerprint density at radius 2 is 2.14 bits per heavy atom. The molecule has 4 N–H and O–H groups in total. The van der Waals surface area contributed by atoms with Crippen molar-refractivity contribution in [2.24, 2.45) is 5.84 Å². The lowest BCUT2D eigenvalue weighted by Crippen LogP contribution is -2.15. The van der Waals surface area contributed by atoms with Crippen molar-refractivity contribution in [3.63, 3.8) is 0 Å². The first-order chi connectivity index (χ1) is 10.3. The molecule has 1 aliphatic rings. The molecular weight excluding hydrogens is 266 g/mol. The van der Waals surface area contributed by atoms with Crippen molar-refractivity contribution < 1.29 is 0 Å². The van der Waals surface area contributed by atoms with Crippen LogP contribution in [0.25, 0.3) is 0 Å². The van der Waals surface area contributed by atoms with Gasteiger partial charge < -0.3 is 10.7 Å². The molecule has 0 spiro atoms. The van der Waals surface area contributed by atoms with Gasteiger partial charge in [0.15, 0.2) is 0 Å². The molecule has 0 radical (unpaired) electrons. The fraction of sp³-hybridized carbons (Fsp3) is 0.500. The van der Waals surface area contributed by atoms with Crippen molar-refractivity contribution in [2.75, 3.05) is 17.3 Å². The Labute approximate surface area is 123 Å². The summed E-state index contributed by atoms with van der Waals surface area (Å²) < 4.78 is 1.93.